The minimum Gasteiger partial charge on any atom is -0.490 e. The Hall–Kier alpha value is -2.38. The Bertz CT molecular complexity index is 1010. The van der Waals surface area contributed by atoms with E-state index < -0.39 is 27.3 Å². The van der Waals surface area contributed by atoms with E-state index in [9.17, 15) is 13.2 Å². The SMILES string of the molecule is CC(C)(C)ONC(=O)C(CCCc1ccccc1)CS(=O)(=O)c1ccc(OC2CCCC2)cc1. The average molecular weight is 488 g/mol. The summed E-state index contributed by atoms with van der Waals surface area (Å²) in [5, 5.41) is 0. The summed E-state index contributed by atoms with van der Waals surface area (Å²) in [6.45, 7) is 5.47. The van der Waals surface area contributed by atoms with Gasteiger partial charge >= 0.3 is 0 Å². The molecule has 3 rings (SSSR count). The number of hydroxylamine groups is 1. The molecule has 1 saturated carbocycles. The number of sulfone groups is 1. The highest BCUT2D eigenvalue weighted by Crippen LogP contribution is 2.26. The van der Waals surface area contributed by atoms with Crippen LogP contribution in [-0.4, -0.2) is 31.8 Å². The van der Waals surface area contributed by atoms with Crippen LogP contribution >= 0.6 is 0 Å². The van der Waals surface area contributed by atoms with Crippen LogP contribution in [0.4, 0.5) is 0 Å². The van der Waals surface area contributed by atoms with Gasteiger partial charge in [0.2, 0.25) is 5.91 Å². The molecule has 1 aliphatic carbocycles. The Morgan fingerprint density at radius 1 is 1.03 bits per heavy atom. The maximum Gasteiger partial charge on any atom is 0.247 e. The zero-order valence-corrected chi connectivity index (χ0v) is 21.3. The molecule has 7 heteroatoms. The molecule has 0 bridgehead atoms. The lowest BCUT2D eigenvalue weighted by molar-refractivity contribution is -0.149. The first kappa shape index (κ1) is 26.2. The van der Waals surface area contributed by atoms with Crippen LogP contribution in [0.3, 0.4) is 0 Å². The summed E-state index contributed by atoms with van der Waals surface area (Å²) < 4.78 is 32.3. The Balaban J connectivity index is 1.66. The second kappa shape index (κ2) is 11.8. The average Bonchev–Trinajstić information content (AvgIpc) is 3.30. The van der Waals surface area contributed by atoms with Gasteiger partial charge in [0, 0.05) is 0 Å². The molecule has 0 heterocycles. The Morgan fingerprint density at radius 2 is 1.68 bits per heavy atom. The first-order valence-corrected chi connectivity index (χ1v) is 13.8. The second-order valence-electron chi connectivity index (χ2n) is 10.0. The third-order valence-electron chi connectivity index (χ3n) is 5.90. The van der Waals surface area contributed by atoms with Crippen LogP contribution in [0.15, 0.2) is 59.5 Å². The van der Waals surface area contributed by atoms with Crippen molar-refractivity contribution in [2.75, 3.05) is 5.75 Å². The summed E-state index contributed by atoms with van der Waals surface area (Å²) in [6, 6.07) is 16.5. The number of carbonyl (C=O) groups excluding carboxylic acids is 1. The Kier molecular flexibility index (Phi) is 9.14. The molecule has 1 fully saturated rings. The fourth-order valence-corrected chi connectivity index (χ4v) is 5.65. The van der Waals surface area contributed by atoms with E-state index in [-0.39, 0.29) is 16.8 Å². The molecule has 0 aliphatic heterocycles. The van der Waals surface area contributed by atoms with Crippen molar-refractivity contribution < 1.29 is 22.8 Å². The van der Waals surface area contributed by atoms with Crippen molar-refractivity contribution >= 4 is 15.7 Å². The second-order valence-corrected chi connectivity index (χ2v) is 12.1. The molecular formula is C27H37NO5S. The zero-order chi connectivity index (χ0) is 24.6. The number of nitrogens with one attached hydrogen (secondary N) is 1. The Morgan fingerprint density at radius 3 is 2.29 bits per heavy atom. The normalized spacial score (nSPS) is 15.7. The maximum atomic E-state index is 13.2. The van der Waals surface area contributed by atoms with Gasteiger partial charge in [-0.2, -0.15) is 0 Å². The summed E-state index contributed by atoms with van der Waals surface area (Å²) in [7, 11) is -3.67. The van der Waals surface area contributed by atoms with Crippen molar-refractivity contribution in [2.45, 2.75) is 82.3 Å². The smallest absolute Gasteiger partial charge is 0.247 e. The monoisotopic (exact) mass is 487 g/mol. The van der Waals surface area contributed by atoms with Crippen molar-refractivity contribution in [1.82, 2.24) is 5.48 Å². The minimum atomic E-state index is -3.67. The highest BCUT2D eigenvalue weighted by molar-refractivity contribution is 7.91. The lowest BCUT2D eigenvalue weighted by atomic mass is 10.0. The van der Waals surface area contributed by atoms with Crippen LogP contribution in [0.1, 0.15) is 64.9 Å². The van der Waals surface area contributed by atoms with Crippen LogP contribution in [-0.2, 0) is 25.9 Å². The summed E-state index contributed by atoms with van der Waals surface area (Å²) in [6.07, 6.45) is 6.54. The standard InChI is InChI=1S/C27H37NO5S/c1-27(2,3)33-28-26(29)22(13-9-12-21-10-5-4-6-11-21)20-34(30,31)25-18-16-24(17-19-25)32-23-14-7-8-15-23/h4-6,10-11,16-19,22-23H,7-9,12-15,20H2,1-3H3,(H,28,29). The van der Waals surface area contributed by atoms with Crippen molar-refractivity contribution in [3.8, 4) is 5.75 Å². The van der Waals surface area contributed by atoms with E-state index in [0.717, 1.165) is 24.8 Å². The molecule has 1 amide bonds. The molecule has 0 saturated heterocycles. The molecule has 2 aromatic rings. The highest BCUT2D eigenvalue weighted by Gasteiger charge is 2.28. The fraction of sp³-hybridized carbons (Fsp3) is 0.519. The van der Waals surface area contributed by atoms with Crippen molar-refractivity contribution in [2.24, 2.45) is 5.92 Å². The van der Waals surface area contributed by atoms with Gasteiger partial charge in [-0.1, -0.05) is 30.3 Å². The van der Waals surface area contributed by atoms with Crippen molar-refractivity contribution in [1.29, 1.82) is 0 Å². The van der Waals surface area contributed by atoms with E-state index in [0.29, 0.717) is 18.6 Å². The molecule has 1 N–H and O–H groups in total. The molecule has 0 spiro atoms. The maximum absolute atomic E-state index is 13.2. The predicted molar refractivity (Wildman–Crippen MR) is 133 cm³/mol. The van der Waals surface area contributed by atoms with E-state index >= 15 is 0 Å². The number of aryl methyl sites for hydroxylation is 1. The number of ether oxygens (including phenoxy) is 1. The van der Waals surface area contributed by atoms with E-state index in [1.165, 1.54) is 12.8 Å². The van der Waals surface area contributed by atoms with Crippen LogP contribution < -0.4 is 10.2 Å². The molecule has 186 valence electrons. The number of amides is 1. The quantitative estimate of drug-likeness (QED) is 0.437. The largest absolute Gasteiger partial charge is 0.490 e. The van der Waals surface area contributed by atoms with Gasteiger partial charge in [-0.15, -0.1) is 0 Å². The Labute approximate surface area is 203 Å². The van der Waals surface area contributed by atoms with E-state index in [1.54, 1.807) is 24.3 Å². The molecule has 6 nitrogen and oxygen atoms in total. The zero-order valence-electron chi connectivity index (χ0n) is 20.5. The first-order chi connectivity index (χ1) is 16.1. The van der Waals surface area contributed by atoms with E-state index in [2.05, 4.69) is 5.48 Å². The third-order valence-corrected chi connectivity index (χ3v) is 7.73. The van der Waals surface area contributed by atoms with Gasteiger partial charge in [0.25, 0.3) is 0 Å². The van der Waals surface area contributed by atoms with Crippen LogP contribution in [0.2, 0.25) is 0 Å². The van der Waals surface area contributed by atoms with Crippen molar-refractivity contribution in [3.63, 3.8) is 0 Å². The predicted octanol–water partition coefficient (Wildman–Crippen LogP) is 5.27. The lowest BCUT2D eigenvalue weighted by Gasteiger charge is -2.22. The molecule has 0 radical (unpaired) electrons. The number of benzene rings is 2. The van der Waals surface area contributed by atoms with Gasteiger partial charge in [0.05, 0.1) is 28.3 Å². The van der Waals surface area contributed by atoms with Gasteiger partial charge in [-0.3, -0.25) is 9.63 Å². The summed E-state index contributed by atoms with van der Waals surface area (Å²) in [5.74, 6) is -0.718. The molecule has 1 aliphatic rings. The van der Waals surface area contributed by atoms with Crippen molar-refractivity contribution in [3.05, 3.63) is 60.2 Å². The van der Waals surface area contributed by atoms with E-state index in [4.69, 9.17) is 9.57 Å². The van der Waals surface area contributed by atoms with E-state index in [1.807, 2.05) is 51.1 Å². The van der Waals surface area contributed by atoms with Gasteiger partial charge in [0.15, 0.2) is 9.84 Å². The van der Waals surface area contributed by atoms with Crippen LogP contribution in [0.5, 0.6) is 5.75 Å². The van der Waals surface area contributed by atoms with Gasteiger partial charge in [-0.05, 0) is 95.5 Å². The summed E-state index contributed by atoms with van der Waals surface area (Å²) >= 11 is 0. The number of rotatable bonds is 11. The molecule has 1 unspecified atom stereocenters. The topological polar surface area (TPSA) is 81.7 Å². The van der Waals surface area contributed by atoms with Gasteiger partial charge < -0.3 is 4.74 Å². The van der Waals surface area contributed by atoms with Gasteiger partial charge in [-0.25, -0.2) is 13.9 Å². The molecule has 0 aromatic heterocycles. The number of hydrogen-bond donors (Lipinski definition) is 1. The highest BCUT2D eigenvalue weighted by atomic mass is 32.2. The molecule has 34 heavy (non-hydrogen) atoms. The lowest BCUT2D eigenvalue weighted by Crippen LogP contribution is -2.39. The first-order valence-electron chi connectivity index (χ1n) is 12.1. The number of hydrogen-bond acceptors (Lipinski definition) is 5. The minimum absolute atomic E-state index is 0.198. The molecular weight excluding hydrogens is 450 g/mol. The third kappa shape index (κ3) is 8.44. The molecule has 2 aromatic carbocycles. The summed E-state index contributed by atoms with van der Waals surface area (Å²) in [5.41, 5.74) is 3.06. The van der Waals surface area contributed by atoms with Gasteiger partial charge in [0.1, 0.15) is 5.75 Å². The van der Waals surface area contributed by atoms with Crippen LogP contribution in [0.25, 0.3) is 0 Å². The summed E-state index contributed by atoms with van der Waals surface area (Å²) in [4.78, 5) is 18.5. The number of carbonyl (C=O) groups is 1. The van der Waals surface area contributed by atoms with Crippen LogP contribution in [0, 0.1) is 5.92 Å². The fourth-order valence-electron chi connectivity index (χ4n) is 4.06. The molecule has 1 atom stereocenters.